The van der Waals surface area contributed by atoms with Crippen molar-refractivity contribution in [2.24, 2.45) is 0 Å². The zero-order valence-electron chi connectivity index (χ0n) is 14.9. The molecule has 3 N–H and O–H groups in total. The third-order valence-electron chi connectivity index (χ3n) is 4.96. The fourth-order valence-electron chi connectivity index (χ4n) is 3.60. The van der Waals surface area contributed by atoms with Crippen LogP contribution in [0.3, 0.4) is 0 Å². The van der Waals surface area contributed by atoms with Crippen molar-refractivity contribution >= 4 is 12.0 Å². The van der Waals surface area contributed by atoms with Gasteiger partial charge in [0.2, 0.25) is 0 Å². The number of piperidine rings is 1. The topological polar surface area (TPSA) is 71.9 Å². The average molecular weight is 344 g/mol. The van der Waals surface area contributed by atoms with Crippen molar-refractivity contribution in [3.63, 3.8) is 0 Å². The van der Waals surface area contributed by atoms with E-state index in [4.69, 9.17) is 4.74 Å². The molecule has 0 radical (unpaired) electrons. The standard InChI is InChI=1S/C19H25N3O3/c1-13-6-8-14(9-7-13)17-16(18(23)25-2)15(20-19(24)21-17)12-22-10-4-3-5-11-22/h6-9,17H,3-5,10-12H2,1-2H3,(H2,20,21,24)/p+1/t17-/m1/s1. The van der Waals surface area contributed by atoms with Crippen molar-refractivity contribution in [3.8, 4) is 0 Å². The second-order valence-electron chi connectivity index (χ2n) is 6.81. The zero-order valence-corrected chi connectivity index (χ0v) is 14.9. The molecule has 1 saturated heterocycles. The quantitative estimate of drug-likeness (QED) is 0.709. The van der Waals surface area contributed by atoms with E-state index in [1.165, 1.54) is 31.3 Å². The van der Waals surface area contributed by atoms with Crippen LogP contribution in [0.4, 0.5) is 4.79 Å². The van der Waals surface area contributed by atoms with Gasteiger partial charge >= 0.3 is 12.0 Å². The number of amides is 2. The summed E-state index contributed by atoms with van der Waals surface area (Å²) in [7, 11) is 1.38. The highest BCUT2D eigenvalue weighted by Gasteiger charge is 2.35. The number of carbonyl (C=O) groups excluding carboxylic acids is 2. The number of urea groups is 1. The van der Waals surface area contributed by atoms with Gasteiger partial charge in [0.15, 0.2) is 0 Å². The molecule has 1 fully saturated rings. The van der Waals surface area contributed by atoms with Gasteiger partial charge in [-0.25, -0.2) is 9.59 Å². The number of benzene rings is 1. The van der Waals surface area contributed by atoms with E-state index in [-0.39, 0.29) is 6.03 Å². The van der Waals surface area contributed by atoms with E-state index in [1.54, 1.807) is 0 Å². The Bertz CT molecular complexity index is 676. The maximum atomic E-state index is 12.5. The van der Waals surface area contributed by atoms with Crippen LogP contribution in [0.15, 0.2) is 35.5 Å². The second kappa shape index (κ2) is 7.70. The Balaban J connectivity index is 1.96. The molecule has 0 saturated carbocycles. The van der Waals surface area contributed by atoms with Crippen LogP contribution in [-0.4, -0.2) is 38.7 Å². The van der Waals surface area contributed by atoms with Gasteiger partial charge in [0.25, 0.3) is 0 Å². The highest BCUT2D eigenvalue weighted by Crippen LogP contribution is 2.27. The number of hydrogen-bond acceptors (Lipinski definition) is 3. The Labute approximate surface area is 148 Å². The number of likely N-dealkylation sites (tertiary alicyclic amines) is 1. The Morgan fingerprint density at radius 2 is 1.88 bits per heavy atom. The molecule has 0 unspecified atom stereocenters. The SMILES string of the molecule is COC(=O)C1=C(C[NH+]2CCCCC2)NC(=O)N[C@@H]1c1ccc(C)cc1. The van der Waals surface area contributed by atoms with Gasteiger partial charge in [-0.3, -0.25) is 0 Å². The third kappa shape index (κ3) is 4.02. The number of carbonyl (C=O) groups is 2. The summed E-state index contributed by atoms with van der Waals surface area (Å²) in [6.45, 7) is 4.78. The summed E-state index contributed by atoms with van der Waals surface area (Å²) < 4.78 is 5.02. The van der Waals surface area contributed by atoms with Crippen molar-refractivity contribution in [1.29, 1.82) is 0 Å². The van der Waals surface area contributed by atoms with Crippen molar-refractivity contribution < 1.29 is 19.2 Å². The van der Waals surface area contributed by atoms with E-state index in [2.05, 4.69) is 10.6 Å². The number of quaternary nitrogens is 1. The molecule has 0 aromatic heterocycles. The lowest BCUT2D eigenvalue weighted by atomic mass is 9.94. The summed E-state index contributed by atoms with van der Waals surface area (Å²) in [5, 5.41) is 5.71. The largest absolute Gasteiger partial charge is 0.466 e. The first-order valence-electron chi connectivity index (χ1n) is 8.87. The highest BCUT2D eigenvalue weighted by atomic mass is 16.5. The van der Waals surface area contributed by atoms with E-state index >= 15 is 0 Å². The highest BCUT2D eigenvalue weighted by molar-refractivity contribution is 5.95. The predicted octanol–water partition coefficient (Wildman–Crippen LogP) is 0.845. The van der Waals surface area contributed by atoms with E-state index in [1.807, 2.05) is 31.2 Å². The van der Waals surface area contributed by atoms with E-state index in [0.29, 0.717) is 17.8 Å². The summed E-state index contributed by atoms with van der Waals surface area (Å²) in [5.41, 5.74) is 3.19. The second-order valence-corrected chi connectivity index (χ2v) is 6.81. The Hall–Kier alpha value is -2.34. The van der Waals surface area contributed by atoms with Gasteiger partial charge in [-0.1, -0.05) is 29.8 Å². The van der Waals surface area contributed by atoms with Gasteiger partial charge in [0.05, 0.1) is 37.5 Å². The van der Waals surface area contributed by atoms with Crippen LogP contribution >= 0.6 is 0 Å². The number of aryl methyl sites for hydroxylation is 1. The maximum absolute atomic E-state index is 12.5. The fourth-order valence-corrected chi connectivity index (χ4v) is 3.60. The number of hydrogen-bond donors (Lipinski definition) is 3. The minimum atomic E-state index is -0.485. The molecule has 1 aromatic carbocycles. The summed E-state index contributed by atoms with van der Waals surface area (Å²) in [6, 6.07) is 7.09. The molecule has 2 aliphatic heterocycles. The van der Waals surface area contributed by atoms with Crippen molar-refractivity contribution in [3.05, 3.63) is 46.7 Å². The Morgan fingerprint density at radius 3 is 2.52 bits per heavy atom. The van der Waals surface area contributed by atoms with E-state index in [9.17, 15) is 9.59 Å². The summed E-state index contributed by atoms with van der Waals surface area (Å²) in [6.07, 6.45) is 3.62. The first-order valence-corrected chi connectivity index (χ1v) is 8.87. The molecule has 0 bridgehead atoms. The van der Waals surface area contributed by atoms with E-state index < -0.39 is 12.0 Å². The van der Waals surface area contributed by atoms with Crippen LogP contribution in [0.5, 0.6) is 0 Å². The third-order valence-corrected chi connectivity index (χ3v) is 4.96. The molecule has 1 atom stereocenters. The van der Waals surface area contributed by atoms with Crippen LogP contribution in [-0.2, 0) is 9.53 Å². The van der Waals surface area contributed by atoms with Crippen LogP contribution in [0.2, 0.25) is 0 Å². The molecule has 2 aliphatic rings. The summed E-state index contributed by atoms with van der Waals surface area (Å²) in [5.74, 6) is -0.399. The molecule has 6 nitrogen and oxygen atoms in total. The minimum Gasteiger partial charge on any atom is -0.466 e. The molecule has 2 amide bonds. The predicted molar refractivity (Wildman–Crippen MR) is 94.0 cm³/mol. The van der Waals surface area contributed by atoms with Gasteiger partial charge in [0, 0.05) is 0 Å². The molecular formula is C19H26N3O3+. The molecule has 1 aromatic rings. The number of nitrogens with one attached hydrogen (secondary N) is 3. The smallest absolute Gasteiger partial charge is 0.338 e. The molecule has 2 heterocycles. The van der Waals surface area contributed by atoms with Crippen molar-refractivity contribution in [2.75, 3.05) is 26.7 Å². The molecule has 134 valence electrons. The van der Waals surface area contributed by atoms with Gasteiger partial charge in [-0.15, -0.1) is 0 Å². The first-order chi connectivity index (χ1) is 12.1. The van der Waals surface area contributed by atoms with Crippen LogP contribution in [0.25, 0.3) is 0 Å². The average Bonchev–Trinajstić information content (AvgIpc) is 2.62. The number of ether oxygens (including phenoxy) is 1. The monoisotopic (exact) mass is 344 g/mol. The lowest BCUT2D eigenvalue weighted by Crippen LogP contribution is -3.13. The minimum absolute atomic E-state index is 0.273. The molecular weight excluding hydrogens is 318 g/mol. The van der Waals surface area contributed by atoms with E-state index in [0.717, 1.165) is 24.2 Å². The Morgan fingerprint density at radius 1 is 1.20 bits per heavy atom. The van der Waals surface area contributed by atoms with Crippen LogP contribution < -0.4 is 15.5 Å². The van der Waals surface area contributed by atoms with Gasteiger partial charge in [-0.05, 0) is 31.7 Å². The first kappa shape index (κ1) is 17.5. The van der Waals surface area contributed by atoms with Crippen LogP contribution in [0, 0.1) is 6.92 Å². The zero-order chi connectivity index (χ0) is 17.8. The lowest BCUT2D eigenvalue weighted by molar-refractivity contribution is -0.900. The molecule has 3 rings (SSSR count). The van der Waals surface area contributed by atoms with Crippen LogP contribution in [0.1, 0.15) is 36.4 Å². The molecule has 0 spiro atoms. The summed E-state index contributed by atoms with van der Waals surface area (Å²) >= 11 is 0. The van der Waals surface area contributed by atoms with Gasteiger partial charge in [0.1, 0.15) is 6.54 Å². The van der Waals surface area contributed by atoms with Gasteiger partial charge < -0.3 is 20.3 Å². The molecule has 6 heteroatoms. The number of rotatable bonds is 4. The normalized spacial score (nSPS) is 21.5. The number of methoxy groups -OCH3 is 1. The van der Waals surface area contributed by atoms with Crippen molar-refractivity contribution in [1.82, 2.24) is 10.6 Å². The lowest BCUT2D eigenvalue weighted by Gasteiger charge is -2.31. The van der Waals surface area contributed by atoms with Crippen molar-refractivity contribution in [2.45, 2.75) is 32.2 Å². The molecule has 25 heavy (non-hydrogen) atoms. The Kier molecular flexibility index (Phi) is 5.38. The maximum Gasteiger partial charge on any atom is 0.338 e. The fraction of sp³-hybridized carbons (Fsp3) is 0.474. The van der Waals surface area contributed by atoms with Gasteiger partial charge in [-0.2, -0.15) is 0 Å². The molecule has 0 aliphatic carbocycles. The summed E-state index contributed by atoms with van der Waals surface area (Å²) in [4.78, 5) is 26.1. The number of esters is 1.